The first-order chi connectivity index (χ1) is 2.41. The predicted molar refractivity (Wildman–Crippen MR) is 23.2 cm³/mol. The van der Waals surface area contributed by atoms with E-state index in [9.17, 15) is 4.79 Å². The second-order valence-corrected chi connectivity index (χ2v) is 0.656. The first kappa shape index (κ1) is 4.54. The fraction of sp³-hybridized carbons (Fsp3) is 0. The first-order valence-corrected chi connectivity index (χ1v) is 1.47. The van der Waals surface area contributed by atoms with Gasteiger partial charge in [-0.15, -0.1) is 0 Å². The molecule has 0 saturated carbocycles. The van der Waals surface area contributed by atoms with E-state index in [1.165, 1.54) is 0 Å². The van der Waals surface area contributed by atoms with Gasteiger partial charge in [-0.05, 0) is 17.2 Å². The number of aldehydes is 1. The summed E-state index contributed by atoms with van der Waals surface area (Å²) >= 11 is 4.11. The highest BCUT2D eigenvalue weighted by Gasteiger charge is 1.45. The lowest BCUT2D eigenvalue weighted by atomic mass is 10.8. The smallest absolute Gasteiger partial charge is 0.151 e. The molecule has 1 nitrogen and oxygen atoms in total. The Hall–Kier alpha value is -0.460. The zero-order valence-corrected chi connectivity index (χ0v) is 3.29. The largest absolute Gasteiger partial charge is 0.298 e. The third kappa shape index (κ3) is 3.54. The maximum absolute atomic E-state index is 9.22. The van der Waals surface area contributed by atoms with Crippen LogP contribution in [0.5, 0.6) is 0 Å². The lowest BCUT2D eigenvalue weighted by Crippen LogP contribution is -1.51. The van der Waals surface area contributed by atoms with Crippen molar-refractivity contribution in [2.24, 2.45) is 0 Å². The summed E-state index contributed by atoms with van der Waals surface area (Å²) in [5.41, 5.74) is 0. The highest BCUT2D eigenvalue weighted by molar-refractivity contribution is 7.78. The molecule has 0 aliphatic heterocycles. The van der Waals surface area contributed by atoms with Gasteiger partial charge < -0.3 is 0 Å². The molecule has 0 amide bonds. The molecular formula is C3H2OS. The van der Waals surface area contributed by atoms with Gasteiger partial charge in [0.2, 0.25) is 0 Å². The van der Waals surface area contributed by atoms with Crippen LogP contribution in [0.4, 0.5) is 0 Å². The normalized spacial score (nSPS) is 4.80. The predicted octanol–water partition coefficient (Wildman–Crippen LogP) is 0.340. The minimum atomic E-state index is 0.590. The molecule has 5 heavy (non-hydrogen) atoms. The number of carbonyl (C=O) groups is 1. The van der Waals surface area contributed by atoms with Gasteiger partial charge in [0.1, 0.15) is 0 Å². The van der Waals surface area contributed by atoms with Gasteiger partial charge in [0.05, 0.1) is 0 Å². The average Bonchev–Trinajstić information content (AvgIpc) is 1.41. The van der Waals surface area contributed by atoms with Gasteiger partial charge in [-0.3, -0.25) is 4.79 Å². The third-order valence-electron chi connectivity index (χ3n) is 0.136. The van der Waals surface area contributed by atoms with Crippen molar-refractivity contribution in [2.45, 2.75) is 0 Å². The first-order valence-electron chi connectivity index (χ1n) is 1.06. The zero-order valence-electron chi connectivity index (χ0n) is 2.47. The van der Waals surface area contributed by atoms with Gasteiger partial charge >= 0.3 is 0 Å². The SMILES string of the molecule is O=CC=C=S. The van der Waals surface area contributed by atoms with Crippen LogP contribution < -0.4 is 0 Å². The summed E-state index contributed by atoms with van der Waals surface area (Å²) in [4.78, 5) is 9.22. The van der Waals surface area contributed by atoms with Crippen LogP contribution in [0.25, 0.3) is 0 Å². The summed E-state index contributed by atoms with van der Waals surface area (Å²) < 4.78 is 0. The average molecular weight is 86.1 g/mol. The quantitative estimate of drug-likeness (QED) is 0.260. The molecule has 0 N–H and O–H groups in total. The lowest BCUT2D eigenvalue weighted by molar-refractivity contribution is -0.104. The number of carbonyl (C=O) groups excluding carboxylic acids is 1. The van der Waals surface area contributed by atoms with Gasteiger partial charge in [0.15, 0.2) is 6.29 Å². The van der Waals surface area contributed by atoms with Crippen molar-refractivity contribution in [2.75, 3.05) is 0 Å². The Balaban J connectivity index is 3.31. The van der Waals surface area contributed by atoms with Crippen molar-refractivity contribution in [3.8, 4) is 0 Å². The van der Waals surface area contributed by atoms with Crippen molar-refractivity contribution in [1.82, 2.24) is 0 Å². The van der Waals surface area contributed by atoms with Crippen LogP contribution in [-0.2, 0) is 4.79 Å². The number of hydrogen-bond acceptors (Lipinski definition) is 2. The van der Waals surface area contributed by atoms with Crippen molar-refractivity contribution < 1.29 is 4.79 Å². The molecule has 0 aromatic heterocycles. The Morgan fingerprint density at radius 3 is 2.40 bits per heavy atom. The Bertz CT molecular complexity index is 71.0. The third-order valence-corrected chi connectivity index (χ3v) is 0.272. The van der Waals surface area contributed by atoms with Gasteiger partial charge in [-0.2, -0.15) is 0 Å². The van der Waals surface area contributed by atoms with Crippen LogP contribution in [0.3, 0.4) is 0 Å². The number of thiocarbonyl (C=S) groups is 1. The summed E-state index contributed by atoms with van der Waals surface area (Å²) in [7, 11) is 0. The Kier molecular flexibility index (Phi) is 3.21. The highest BCUT2D eigenvalue weighted by atomic mass is 32.1. The van der Waals surface area contributed by atoms with Gasteiger partial charge in [-0.1, -0.05) is 0 Å². The van der Waals surface area contributed by atoms with Crippen LogP contribution in [-0.4, -0.2) is 11.3 Å². The minimum absolute atomic E-state index is 0.590. The molecule has 0 atom stereocenters. The standard InChI is InChI=1S/C3H2OS/c4-2-1-3-5/h1-2H. The molecule has 0 spiro atoms. The maximum atomic E-state index is 9.22. The van der Waals surface area contributed by atoms with Crippen molar-refractivity contribution in [1.29, 1.82) is 0 Å². The van der Waals surface area contributed by atoms with E-state index in [-0.39, 0.29) is 0 Å². The van der Waals surface area contributed by atoms with Crippen molar-refractivity contribution in [3.63, 3.8) is 0 Å². The van der Waals surface area contributed by atoms with E-state index >= 15 is 0 Å². The molecule has 0 saturated heterocycles. The molecule has 0 bridgehead atoms. The lowest BCUT2D eigenvalue weighted by Gasteiger charge is -1.39. The fourth-order valence-corrected chi connectivity index (χ4v) is 0.0833. The van der Waals surface area contributed by atoms with E-state index in [2.05, 4.69) is 17.2 Å². The minimum Gasteiger partial charge on any atom is -0.298 e. The Morgan fingerprint density at radius 1 is 1.80 bits per heavy atom. The zero-order chi connectivity index (χ0) is 4.12. The molecule has 0 unspecified atom stereocenters. The second-order valence-electron chi connectivity index (χ2n) is 0.421. The van der Waals surface area contributed by atoms with Gasteiger partial charge in [0.25, 0.3) is 0 Å². The van der Waals surface area contributed by atoms with E-state index in [4.69, 9.17) is 0 Å². The molecular weight excluding hydrogens is 84.1 g/mol. The molecule has 0 aliphatic carbocycles. The molecule has 2 heteroatoms. The molecule has 0 heterocycles. The molecule has 0 radical (unpaired) electrons. The number of allylic oxidation sites excluding steroid dienone is 1. The maximum Gasteiger partial charge on any atom is 0.151 e. The molecule has 0 rings (SSSR count). The second kappa shape index (κ2) is 3.54. The summed E-state index contributed by atoms with van der Waals surface area (Å²) in [5, 5.41) is 2.11. The Labute approximate surface area is 35.3 Å². The van der Waals surface area contributed by atoms with Gasteiger partial charge in [0, 0.05) is 6.08 Å². The van der Waals surface area contributed by atoms with Crippen molar-refractivity contribution >= 4 is 23.5 Å². The number of rotatable bonds is 1. The monoisotopic (exact) mass is 86.0 g/mol. The summed E-state index contributed by atoms with van der Waals surface area (Å²) in [6, 6.07) is 0. The molecule has 26 valence electrons. The van der Waals surface area contributed by atoms with Crippen LogP contribution in [0.1, 0.15) is 0 Å². The van der Waals surface area contributed by atoms with Crippen LogP contribution in [0.2, 0.25) is 0 Å². The van der Waals surface area contributed by atoms with E-state index in [0.717, 1.165) is 6.08 Å². The van der Waals surface area contributed by atoms with Gasteiger partial charge in [-0.25, -0.2) is 0 Å². The van der Waals surface area contributed by atoms with Crippen LogP contribution in [0, 0.1) is 0 Å². The molecule has 0 aliphatic rings. The van der Waals surface area contributed by atoms with Crippen LogP contribution >= 0.6 is 12.2 Å². The van der Waals surface area contributed by atoms with Crippen LogP contribution in [0.15, 0.2) is 6.08 Å². The Morgan fingerprint density at radius 2 is 2.40 bits per heavy atom. The van der Waals surface area contributed by atoms with E-state index in [1.807, 2.05) is 0 Å². The fourth-order valence-electron chi connectivity index (χ4n) is 0.0278. The summed E-state index contributed by atoms with van der Waals surface area (Å²) in [5.74, 6) is 0. The van der Waals surface area contributed by atoms with E-state index in [1.54, 1.807) is 0 Å². The number of hydrogen-bond donors (Lipinski definition) is 0. The molecule has 0 aromatic carbocycles. The van der Waals surface area contributed by atoms with Crippen molar-refractivity contribution in [3.05, 3.63) is 6.08 Å². The summed E-state index contributed by atoms with van der Waals surface area (Å²) in [6.45, 7) is 0. The summed E-state index contributed by atoms with van der Waals surface area (Å²) in [6.07, 6.45) is 1.72. The van der Waals surface area contributed by atoms with E-state index < -0.39 is 0 Å². The van der Waals surface area contributed by atoms with E-state index in [0.29, 0.717) is 6.29 Å². The topological polar surface area (TPSA) is 17.1 Å². The molecule has 0 fully saturated rings. The molecule has 0 aromatic rings. The highest BCUT2D eigenvalue weighted by Crippen LogP contribution is 1.40.